The topological polar surface area (TPSA) is 67.4 Å². The fourth-order valence-electron chi connectivity index (χ4n) is 1.65. The van der Waals surface area contributed by atoms with E-state index in [1.807, 2.05) is 4.90 Å². The SMILES string of the molecule is CNC(=O)C1CN(c2ncc(Br)c(OC)n2)C1. The van der Waals surface area contributed by atoms with Gasteiger partial charge in [-0.1, -0.05) is 0 Å². The van der Waals surface area contributed by atoms with Gasteiger partial charge in [-0.25, -0.2) is 4.98 Å². The van der Waals surface area contributed by atoms with E-state index >= 15 is 0 Å². The molecule has 1 aliphatic heterocycles. The second-order valence-electron chi connectivity index (χ2n) is 3.74. The molecule has 0 aliphatic carbocycles. The van der Waals surface area contributed by atoms with Gasteiger partial charge in [-0.2, -0.15) is 4.98 Å². The first-order chi connectivity index (χ1) is 8.15. The van der Waals surface area contributed by atoms with E-state index in [9.17, 15) is 4.79 Å². The highest BCUT2D eigenvalue weighted by Crippen LogP contribution is 2.27. The van der Waals surface area contributed by atoms with Gasteiger partial charge in [0.05, 0.1) is 23.7 Å². The zero-order valence-corrected chi connectivity index (χ0v) is 11.2. The maximum Gasteiger partial charge on any atom is 0.232 e. The molecule has 0 unspecified atom stereocenters. The van der Waals surface area contributed by atoms with Crippen molar-refractivity contribution < 1.29 is 9.53 Å². The second-order valence-corrected chi connectivity index (χ2v) is 4.60. The largest absolute Gasteiger partial charge is 0.480 e. The third-order valence-electron chi connectivity index (χ3n) is 2.67. The normalized spacial score (nSPS) is 15.4. The zero-order chi connectivity index (χ0) is 12.4. The van der Waals surface area contributed by atoms with Gasteiger partial charge in [0.15, 0.2) is 0 Å². The molecule has 6 nitrogen and oxygen atoms in total. The molecule has 92 valence electrons. The molecule has 1 aromatic rings. The van der Waals surface area contributed by atoms with Crippen molar-refractivity contribution in [2.24, 2.45) is 5.92 Å². The molecular formula is C10H13BrN4O2. The van der Waals surface area contributed by atoms with Crippen LogP contribution >= 0.6 is 15.9 Å². The van der Waals surface area contributed by atoms with Crippen LogP contribution in [0.2, 0.25) is 0 Å². The van der Waals surface area contributed by atoms with Crippen molar-refractivity contribution in [1.29, 1.82) is 0 Å². The van der Waals surface area contributed by atoms with Gasteiger partial charge < -0.3 is 15.0 Å². The zero-order valence-electron chi connectivity index (χ0n) is 9.61. The highest BCUT2D eigenvalue weighted by Gasteiger charge is 2.33. The van der Waals surface area contributed by atoms with E-state index in [1.165, 1.54) is 0 Å². The van der Waals surface area contributed by atoms with Gasteiger partial charge in [-0.3, -0.25) is 4.79 Å². The summed E-state index contributed by atoms with van der Waals surface area (Å²) in [7, 11) is 3.20. The molecule has 1 fully saturated rings. The number of methoxy groups -OCH3 is 1. The van der Waals surface area contributed by atoms with Crippen LogP contribution in [0.5, 0.6) is 5.88 Å². The number of carbonyl (C=O) groups excluding carboxylic acids is 1. The van der Waals surface area contributed by atoms with Gasteiger partial charge in [0.2, 0.25) is 17.7 Å². The minimum atomic E-state index is 0.0261. The molecule has 0 atom stereocenters. The first-order valence-electron chi connectivity index (χ1n) is 5.18. The number of hydrogen-bond acceptors (Lipinski definition) is 5. The van der Waals surface area contributed by atoms with Crippen LogP contribution in [0.3, 0.4) is 0 Å². The molecule has 1 aliphatic rings. The molecule has 0 saturated carbocycles. The Hall–Kier alpha value is -1.37. The van der Waals surface area contributed by atoms with Gasteiger partial charge in [0, 0.05) is 20.1 Å². The summed E-state index contributed by atoms with van der Waals surface area (Å²) in [4.78, 5) is 21.7. The van der Waals surface area contributed by atoms with Crippen LogP contribution in [0.1, 0.15) is 0 Å². The number of anilines is 1. The molecule has 1 saturated heterocycles. The lowest BCUT2D eigenvalue weighted by Gasteiger charge is -2.37. The minimum Gasteiger partial charge on any atom is -0.480 e. The number of carbonyl (C=O) groups is 1. The van der Waals surface area contributed by atoms with Crippen LogP contribution in [0.25, 0.3) is 0 Å². The van der Waals surface area contributed by atoms with E-state index in [0.29, 0.717) is 29.4 Å². The van der Waals surface area contributed by atoms with Gasteiger partial charge in [0.1, 0.15) is 0 Å². The van der Waals surface area contributed by atoms with E-state index in [0.717, 1.165) is 0 Å². The Morgan fingerprint density at radius 1 is 1.65 bits per heavy atom. The van der Waals surface area contributed by atoms with Gasteiger partial charge in [0.25, 0.3) is 0 Å². The van der Waals surface area contributed by atoms with Crippen LogP contribution in [-0.4, -0.2) is 43.1 Å². The standard InChI is InChI=1S/C10H13BrN4O2/c1-12-8(16)6-4-15(5-6)10-13-3-7(11)9(14-10)17-2/h3,6H,4-5H2,1-2H3,(H,12,16). The number of amides is 1. The van der Waals surface area contributed by atoms with Gasteiger partial charge >= 0.3 is 0 Å². The summed E-state index contributed by atoms with van der Waals surface area (Å²) in [6.07, 6.45) is 1.65. The van der Waals surface area contributed by atoms with Crippen molar-refractivity contribution in [3.8, 4) is 5.88 Å². The van der Waals surface area contributed by atoms with Crippen LogP contribution in [0.15, 0.2) is 10.7 Å². The fourth-order valence-corrected chi connectivity index (χ4v) is 2.00. The number of halogens is 1. The Labute approximate surface area is 108 Å². The number of aromatic nitrogens is 2. The number of nitrogens with zero attached hydrogens (tertiary/aromatic N) is 3. The van der Waals surface area contributed by atoms with E-state index in [-0.39, 0.29) is 11.8 Å². The average molecular weight is 301 g/mol. The Bertz CT molecular complexity index is 434. The molecule has 1 aromatic heterocycles. The van der Waals surface area contributed by atoms with Crippen molar-refractivity contribution in [2.75, 3.05) is 32.1 Å². The van der Waals surface area contributed by atoms with Crippen LogP contribution < -0.4 is 15.0 Å². The summed E-state index contributed by atoms with van der Waals surface area (Å²) in [6, 6.07) is 0. The molecule has 17 heavy (non-hydrogen) atoms. The predicted molar refractivity (Wildman–Crippen MR) is 66.1 cm³/mol. The predicted octanol–water partition coefficient (Wildman–Crippen LogP) is 0.430. The quantitative estimate of drug-likeness (QED) is 0.877. The number of hydrogen-bond donors (Lipinski definition) is 1. The maximum absolute atomic E-state index is 11.3. The third-order valence-corrected chi connectivity index (χ3v) is 3.22. The monoisotopic (exact) mass is 300 g/mol. The van der Waals surface area contributed by atoms with Crippen molar-refractivity contribution in [3.05, 3.63) is 10.7 Å². The Morgan fingerprint density at radius 3 is 2.94 bits per heavy atom. The summed E-state index contributed by atoms with van der Waals surface area (Å²) < 4.78 is 5.81. The fraction of sp³-hybridized carbons (Fsp3) is 0.500. The molecule has 0 aromatic carbocycles. The van der Waals surface area contributed by atoms with E-state index in [2.05, 4.69) is 31.2 Å². The van der Waals surface area contributed by atoms with E-state index in [4.69, 9.17) is 4.74 Å². The third kappa shape index (κ3) is 2.33. The lowest BCUT2D eigenvalue weighted by atomic mass is 10.00. The first-order valence-corrected chi connectivity index (χ1v) is 5.98. The van der Waals surface area contributed by atoms with Crippen molar-refractivity contribution in [3.63, 3.8) is 0 Å². The van der Waals surface area contributed by atoms with Gasteiger partial charge in [-0.05, 0) is 15.9 Å². The molecule has 0 bridgehead atoms. The van der Waals surface area contributed by atoms with Crippen LogP contribution in [0.4, 0.5) is 5.95 Å². The summed E-state index contributed by atoms with van der Waals surface area (Å²) in [5, 5.41) is 2.63. The minimum absolute atomic E-state index is 0.0261. The van der Waals surface area contributed by atoms with Crippen molar-refractivity contribution in [2.45, 2.75) is 0 Å². The molecule has 2 rings (SSSR count). The van der Waals surface area contributed by atoms with Crippen LogP contribution in [-0.2, 0) is 4.79 Å². The Morgan fingerprint density at radius 2 is 2.35 bits per heavy atom. The lowest BCUT2D eigenvalue weighted by Crippen LogP contribution is -2.53. The number of rotatable bonds is 3. The Balaban J connectivity index is 2.04. The van der Waals surface area contributed by atoms with E-state index < -0.39 is 0 Å². The first kappa shape index (κ1) is 12.1. The summed E-state index contributed by atoms with van der Waals surface area (Å²) in [5.41, 5.74) is 0. The molecule has 1 amide bonds. The second kappa shape index (κ2) is 4.87. The smallest absolute Gasteiger partial charge is 0.232 e. The Kier molecular flexibility index (Phi) is 3.46. The molecular weight excluding hydrogens is 288 g/mol. The van der Waals surface area contributed by atoms with Crippen molar-refractivity contribution >= 4 is 27.8 Å². The maximum atomic E-state index is 11.3. The number of ether oxygens (including phenoxy) is 1. The molecule has 1 N–H and O–H groups in total. The van der Waals surface area contributed by atoms with Gasteiger partial charge in [-0.15, -0.1) is 0 Å². The highest BCUT2D eigenvalue weighted by molar-refractivity contribution is 9.10. The molecule has 7 heteroatoms. The number of nitrogens with one attached hydrogen (secondary N) is 1. The lowest BCUT2D eigenvalue weighted by molar-refractivity contribution is -0.125. The summed E-state index contributed by atoms with van der Waals surface area (Å²) in [6.45, 7) is 1.29. The van der Waals surface area contributed by atoms with Crippen molar-refractivity contribution in [1.82, 2.24) is 15.3 Å². The molecule has 2 heterocycles. The summed E-state index contributed by atoms with van der Waals surface area (Å²) in [5.74, 6) is 1.17. The summed E-state index contributed by atoms with van der Waals surface area (Å²) >= 11 is 3.29. The highest BCUT2D eigenvalue weighted by atomic mass is 79.9. The molecule has 0 spiro atoms. The van der Waals surface area contributed by atoms with Crippen LogP contribution in [0, 0.1) is 5.92 Å². The average Bonchev–Trinajstić information content (AvgIpc) is 2.29. The van der Waals surface area contributed by atoms with E-state index in [1.54, 1.807) is 20.4 Å². The molecule has 0 radical (unpaired) electrons.